The van der Waals surface area contributed by atoms with Crippen LogP contribution in [0.25, 0.3) is 0 Å². The summed E-state index contributed by atoms with van der Waals surface area (Å²) in [7, 11) is 0. The van der Waals surface area contributed by atoms with Crippen molar-refractivity contribution in [1.29, 1.82) is 0 Å². The van der Waals surface area contributed by atoms with Gasteiger partial charge in [-0.1, -0.05) is 0 Å². The lowest BCUT2D eigenvalue weighted by Crippen LogP contribution is -2.43. The monoisotopic (exact) mass is 169 g/mol. The van der Waals surface area contributed by atoms with E-state index in [0.29, 0.717) is 6.61 Å². The first-order valence-corrected chi connectivity index (χ1v) is 3.76. The van der Waals surface area contributed by atoms with Crippen molar-refractivity contribution in [2.45, 2.75) is 12.5 Å². The van der Waals surface area contributed by atoms with Gasteiger partial charge in [-0.2, -0.15) is 0 Å². The molecule has 1 unspecified atom stereocenters. The van der Waals surface area contributed by atoms with Gasteiger partial charge in [-0.25, -0.2) is 4.79 Å². The van der Waals surface area contributed by atoms with Crippen LogP contribution in [-0.4, -0.2) is 36.0 Å². The predicted octanol–water partition coefficient (Wildman–Crippen LogP) is 0.487. The molecule has 0 spiro atoms. The topological polar surface area (TPSA) is 58.9 Å². The molecule has 1 aliphatic rings. The summed E-state index contributed by atoms with van der Waals surface area (Å²) in [5, 5.41) is 8.87. The first-order valence-electron chi connectivity index (χ1n) is 3.76. The highest BCUT2D eigenvalue weighted by atomic mass is 16.5. The molecule has 0 aromatic carbocycles. The molecule has 0 aromatic heterocycles. The van der Waals surface area contributed by atoms with E-state index in [1.807, 2.05) is 0 Å². The molecule has 1 heterocycles. The summed E-state index contributed by atoms with van der Waals surface area (Å²) in [4.78, 5) is 14.7. The van der Waals surface area contributed by atoms with Crippen molar-refractivity contribution in [3.8, 4) is 0 Å². The van der Waals surface area contributed by atoms with E-state index in [9.17, 15) is 4.79 Å². The third kappa shape index (κ3) is 1.53. The van der Waals surface area contributed by atoms with E-state index in [2.05, 4.69) is 4.99 Å². The fourth-order valence-electron chi connectivity index (χ4n) is 1.05. The fourth-order valence-corrected chi connectivity index (χ4v) is 1.05. The lowest BCUT2D eigenvalue weighted by molar-refractivity contribution is -0.157. The van der Waals surface area contributed by atoms with E-state index in [-0.39, 0.29) is 6.54 Å². The summed E-state index contributed by atoms with van der Waals surface area (Å²) in [5.41, 5.74) is -1.23. The highest BCUT2D eigenvalue weighted by Gasteiger charge is 2.37. The summed E-state index contributed by atoms with van der Waals surface area (Å²) in [6.45, 7) is 2.29. The molecule has 1 aliphatic heterocycles. The number of nitrogens with zero attached hydrogens (tertiary/aromatic N) is 1. The zero-order valence-electron chi connectivity index (χ0n) is 6.86. The van der Waals surface area contributed by atoms with Gasteiger partial charge < -0.3 is 9.84 Å². The fraction of sp³-hybridized carbons (Fsp3) is 0.500. The number of aliphatic carboxylic acids is 1. The second-order valence-corrected chi connectivity index (χ2v) is 2.48. The lowest BCUT2D eigenvalue weighted by atomic mass is 10.0. The summed E-state index contributed by atoms with van der Waals surface area (Å²) in [6.07, 6.45) is 4.68. The average molecular weight is 169 g/mol. The molecular weight excluding hydrogens is 158 g/mol. The molecule has 4 heteroatoms. The maximum absolute atomic E-state index is 10.8. The Morgan fingerprint density at radius 1 is 1.83 bits per heavy atom. The highest BCUT2D eigenvalue weighted by Crippen LogP contribution is 2.16. The van der Waals surface area contributed by atoms with Crippen molar-refractivity contribution in [2.75, 3.05) is 13.2 Å². The van der Waals surface area contributed by atoms with Crippen LogP contribution in [0.5, 0.6) is 0 Å². The Kier molecular flexibility index (Phi) is 2.60. The minimum atomic E-state index is -1.23. The molecule has 0 aliphatic carbocycles. The number of ether oxygens (including phenoxy) is 1. The van der Waals surface area contributed by atoms with Gasteiger partial charge >= 0.3 is 5.97 Å². The Morgan fingerprint density at radius 3 is 3.00 bits per heavy atom. The van der Waals surface area contributed by atoms with Crippen LogP contribution in [0.4, 0.5) is 0 Å². The Balaban J connectivity index is 2.80. The van der Waals surface area contributed by atoms with Crippen molar-refractivity contribution in [3.63, 3.8) is 0 Å². The molecule has 1 N–H and O–H groups in total. The average Bonchev–Trinajstić information content (AvgIpc) is 2.06. The number of dihydropyridines is 1. The second kappa shape index (κ2) is 3.49. The van der Waals surface area contributed by atoms with E-state index < -0.39 is 11.6 Å². The van der Waals surface area contributed by atoms with Crippen LogP contribution in [-0.2, 0) is 9.53 Å². The summed E-state index contributed by atoms with van der Waals surface area (Å²) >= 11 is 0. The molecule has 0 saturated carbocycles. The number of allylic oxidation sites excluding steroid dienone is 1. The van der Waals surface area contributed by atoms with Crippen molar-refractivity contribution < 1.29 is 14.6 Å². The van der Waals surface area contributed by atoms with Gasteiger partial charge in [-0.05, 0) is 19.1 Å². The molecule has 1 atom stereocenters. The van der Waals surface area contributed by atoms with Crippen LogP contribution in [0, 0.1) is 0 Å². The Hall–Kier alpha value is -1.16. The van der Waals surface area contributed by atoms with E-state index in [4.69, 9.17) is 9.84 Å². The van der Waals surface area contributed by atoms with Gasteiger partial charge in [0.2, 0.25) is 5.60 Å². The number of aliphatic imine (C=N–C) groups is 1. The minimum Gasteiger partial charge on any atom is -0.479 e. The second-order valence-electron chi connectivity index (χ2n) is 2.48. The van der Waals surface area contributed by atoms with Crippen molar-refractivity contribution >= 4 is 12.2 Å². The molecule has 12 heavy (non-hydrogen) atoms. The standard InChI is InChI=1S/C8H11NO3/c1-2-12-8(7(10)11)4-3-5-9-6-8/h3-5H,2,6H2,1H3,(H,10,11). The lowest BCUT2D eigenvalue weighted by Gasteiger charge is -2.25. The van der Waals surface area contributed by atoms with Gasteiger partial charge in [0, 0.05) is 12.8 Å². The molecule has 0 amide bonds. The number of carbonyl (C=O) groups is 1. The summed E-state index contributed by atoms with van der Waals surface area (Å²) in [6, 6.07) is 0. The van der Waals surface area contributed by atoms with Gasteiger partial charge in [0.25, 0.3) is 0 Å². The smallest absolute Gasteiger partial charge is 0.342 e. The van der Waals surface area contributed by atoms with E-state index in [0.717, 1.165) is 0 Å². The molecular formula is C8H11NO3. The van der Waals surface area contributed by atoms with Gasteiger partial charge in [-0.3, -0.25) is 4.99 Å². The Bertz CT molecular complexity index is 234. The predicted molar refractivity (Wildman–Crippen MR) is 44.5 cm³/mol. The van der Waals surface area contributed by atoms with Gasteiger partial charge in [0.15, 0.2) is 0 Å². The molecule has 0 aromatic rings. The minimum absolute atomic E-state index is 0.159. The van der Waals surface area contributed by atoms with Crippen LogP contribution in [0.2, 0.25) is 0 Å². The molecule has 0 saturated heterocycles. The van der Waals surface area contributed by atoms with Crippen LogP contribution in [0.1, 0.15) is 6.92 Å². The zero-order chi connectivity index (χ0) is 9.03. The molecule has 4 nitrogen and oxygen atoms in total. The third-order valence-corrected chi connectivity index (χ3v) is 1.65. The summed E-state index contributed by atoms with van der Waals surface area (Å²) in [5.74, 6) is -0.988. The molecule has 0 bridgehead atoms. The van der Waals surface area contributed by atoms with Crippen molar-refractivity contribution in [3.05, 3.63) is 12.2 Å². The van der Waals surface area contributed by atoms with Crippen LogP contribution >= 0.6 is 0 Å². The van der Waals surface area contributed by atoms with Crippen molar-refractivity contribution in [2.24, 2.45) is 4.99 Å². The van der Waals surface area contributed by atoms with Crippen LogP contribution in [0.15, 0.2) is 17.1 Å². The van der Waals surface area contributed by atoms with Crippen molar-refractivity contribution in [1.82, 2.24) is 0 Å². The maximum Gasteiger partial charge on any atom is 0.342 e. The van der Waals surface area contributed by atoms with Gasteiger partial charge in [0.1, 0.15) is 0 Å². The zero-order valence-corrected chi connectivity index (χ0v) is 6.86. The first kappa shape index (κ1) is 8.93. The highest BCUT2D eigenvalue weighted by molar-refractivity contribution is 5.85. The number of hydrogen-bond acceptors (Lipinski definition) is 3. The number of rotatable bonds is 3. The van der Waals surface area contributed by atoms with Gasteiger partial charge in [0.05, 0.1) is 6.54 Å². The number of carboxylic acids is 1. The number of carboxylic acid groups (broad SMARTS) is 1. The summed E-state index contributed by atoms with van der Waals surface area (Å²) < 4.78 is 5.13. The normalized spacial score (nSPS) is 27.4. The number of hydrogen-bond donors (Lipinski definition) is 1. The molecule has 0 fully saturated rings. The largest absolute Gasteiger partial charge is 0.479 e. The quantitative estimate of drug-likeness (QED) is 0.668. The van der Waals surface area contributed by atoms with Crippen LogP contribution < -0.4 is 0 Å². The SMILES string of the molecule is CCOC1(C(=O)O)C=CC=NC1. The Morgan fingerprint density at radius 2 is 2.58 bits per heavy atom. The Labute approximate surface area is 70.6 Å². The van der Waals surface area contributed by atoms with E-state index in [1.165, 1.54) is 6.08 Å². The molecule has 66 valence electrons. The third-order valence-electron chi connectivity index (χ3n) is 1.65. The van der Waals surface area contributed by atoms with Gasteiger partial charge in [-0.15, -0.1) is 0 Å². The van der Waals surface area contributed by atoms with E-state index in [1.54, 1.807) is 19.2 Å². The maximum atomic E-state index is 10.8. The molecule has 0 radical (unpaired) electrons. The van der Waals surface area contributed by atoms with Crippen LogP contribution in [0.3, 0.4) is 0 Å². The first-order chi connectivity index (χ1) is 5.71. The van der Waals surface area contributed by atoms with E-state index >= 15 is 0 Å². The molecule has 1 rings (SSSR count).